The van der Waals surface area contributed by atoms with Gasteiger partial charge in [-0.05, 0) is 31.4 Å². The standard InChI is InChI=1S/C22H25N3OS2/c1-16(14-18-10-6-4-7-11-18)25(15-19-12-8-5-9-13-19)22-23-20(17(2)28-22)21(26)24-27-3/h4-13,16H,14-15H2,1-3H3,(H,24,26). The number of nitrogens with one attached hydrogen (secondary N) is 1. The van der Waals surface area contributed by atoms with Crippen molar-refractivity contribution in [1.29, 1.82) is 0 Å². The summed E-state index contributed by atoms with van der Waals surface area (Å²) in [5.41, 5.74) is 3.03. The Morgan fingerprint density at radius 1 is 1.11 bits per heavy atom. The fourth-order valence-electron chi connectivity index (χ4n) is 3.11. The smallest absolute Gasteiger partial charge is 0.280 e. The summed E-state index contributed by atoms with van der Waals surface area (Å²) in [6, 6.07) is 21.1. The molecule has 28 heavy (non-hydrogen) atoms. The van der Waals surface area contributed by atoms with E-state index in [1.54, 1.807) is 11.3 Å². The summed E-state index contributed by atoms with van der Waals surface area (Å²) in [6.45, 7) is 4.93. The SMILES string of the molecule is CSNC(=O)c1nc(N(Cc2ccccc2)C(C)Cc2ccccc2)sc1C. The average molecular weight is 412 g/mol. The zero-order chi connectivity index (χ0) is 19.9. The summed E-state index contributed by atoms with van der Waals surface area (Å²) < 4.78 is 2.78. The van der Waals surface area contributed by atoms with Gasteiger partial charge in [0.05, 0.1) is 0 Å². The topological polar surface area (TPSA) is 45.2 Å². The molecule has 0 saturated heterocycles. The van der Waals surface area contributed by atoms with Crippen molar-refractivity contribution in [2.24, 2.45) is 0 Å². The highest BCUT2D eigenvalue weighted by Gasteiger charge is 2.23. The Morgan fingerprint density at radius 2 is 1.71 bits per heavy atom. The lowest BCUT2D eigenvalue weighted by Crippen LogP contribution is -2.34. The molecule has 2 aromatic carbocycles. The molecule has 1 amide bonds. The second-order valence-corrected chi connectivity index (χ2v) is 8.48. The largest absolute Gasteiger partial charge is 0.341 e. The van der Waals surface area contributed by atoms with Crippen LogP contribution < -0.4 is 9.62 Å². The monoisotopic (exact) mass is 411 g/mol. The summed E-state index contributed by atoms with van der Waals surface area (Å²) in [4.78, 5) is 20.3. The first kappa shape index (κ1) is 20.4. The third kappa shape index (κ3) is 5.14. The molecule has 1 unspecified atom stereocenters. The Labute approximate surface area is 175 Å². The lowest BCUT2D eigenvalue weighted by Gasteiger charge is -2.29. The number of aromatic nitrogens is 1. The second-order valence-electron chi connectivity index (χ2n) is 6.69. The number of aryl methyl sites for hydroxylation is 1. The van der Waals surface area contributed by atoms with Crippen LogP contribution >= 0.6 is 23.3 Å². The van der Waals surface area contributed by atoms with Crippen molar-refractivity contribution in [1.82, 2.24) is 9.71 Å². The van der Waals surface area contributed by atoms with Gasteiger partial charge < -0.3 is 4.90 Å². The van der Waals surface area contributed by atoms with Crippen LogP contribution in [0, 0.1) is 6.92 Å². The maximum Gasteiger partial charge on any atom is 0.280 e. The Hall–Kier alpha value is -2.31. The van der Waals surface area contributed by atoms with E-state index in [9.17, 15) is 4.79 Å². The number of nitrogens with zero attached hydrogens (tertiary/aromatic N) is 2. The van der Waals surface area contributed by atoms with Crippen LogP contribution in [0.1, 0.15) is 33.4 Å². The molecular weight excluding hydrogens is 386 g/mol. The Morgan fingerprint density at radius 3 is 2.32 bits per heavy atom. The zero-order valence-electron chi connectivity index (χ0n) is 16.4. The van der Waals surface area contributed by atoms with Crippen molar-refractivity contribution in [2.45, 2.75) is 32.9 Å². The fourth-order valence-corrected chi connectivity index (χ4v) is 4.40. The molecule has 0 bridgehead atoms. The molecule has 0 spiro atoms. The third-order valence-corrected chi connectivity index (χ3v) is 5.94. The first-order valence-corrected chi connectivity index (χ1v) is 11.3. The molecule has 1 heterocycles. The van der Waals surface area contributed by atoms with Crippen LogP contribution in [0.25, 0.3) is 0 Å². The number of rotatable bonds is 8. The van der Waals surface area contributed by atoms with Crippen molar-refractivity contribution < 1.29 is 4.79 Å². The van der Waals surface area contributed by atoms with Gasteiger partial charge in [0.15, 0.2) is 5.13 Å². The molecule has 0 fully saturated rings. The quantitative estimate of drug-likeness (QED) is 0.524. The molecule has 1 aromatic heterocycles. The first-order chi connectivity index (χ1) is 13.6. The summed E-state index contributed by atoms with van der Waals surface area (Å²) >= 11 is 2.87. The van der Waals surface area contributed by atoms with Gasteiger partial charge in [-0.25, -0.2) is 4.98 Å². The van der Waals surface area contributed by atoms with Crippen LogP contribution in [0.4, 0.5) is 5.13 Å². The number of carbonyl (C=O) groups excluding carboxylic acids is 1. The molecule has 0 aliphatic carbocycles. The van der Waals surface area contributed by atoms with Gasteiger partial charge >= 0.3 is 0 Å². The van der Waals surface area contributed by atoms with Gasteiger partial charge in [0.2, 0.25) is 0 Å². The number of hydrogen-bond acceptors (Lipinski definition) is 5. The highest BCUT2D eigenvalue weighted by atomic mass is 32.2. The van der Waals surface area contributed by atoms with E-state index >= 15 is 0 Å². The van der Waals surface area contributed by atoms with E-state index in [0.717, 1.165) is 23.0 Å². The van der Waals surface area contributed by atoms with Crippen LogP contribution in [0.2, 0.25) is 0 Å². The maximum atomic E-state index is 12.3. The van der Waals surface area contributed by atoms with Crippen LogP contribution in [0.3, 0.4) is 0 Å². The lowest BCUT2D eigenvalue weighted by atomic mass is 10.1. The van der Waals surface area contributed by atoms with Crippen LogP contribution in [0.15, 0.2) is 60.7 Å². The molecular formula is C22H25N3OS2. The number of thiazole rings is 1. The number of carbonyl (C=O) groups is 1. The second kappa shape index (κ2) is 9.75. The summed E-state index contributed by atoms with van der Waals surface area (Å²) in [5.74, 6) is -0.136. The predicted octanol–water partition coefficient (Wildman–Crippen LogP) is 5.10. The molecule has 0 aliphatic rings. The number of anilines is 1. The highest BCUT2D eigenvalue weighted by molar-refractivity contribution is 7.97. The van der Waals surface area contributed by atoms with Crippen LogP contribution in [-0.2, 0) is 13.0 Å². The highest BCUT2D eigenvalue weighted by Crippen LogP contribution is 2.29. The Kier molecular flexibility index (Phi) is 7.12. The number of benzene rings is 2. The van der Waals surface area contributed by atoms with Crippen molar-refractivity contribution in [2.75, 3.05) is 11.2 Å². The van der Waals surface area contributed by atoms with E-state index in [-0.39, 0.29) is 11.9 Å². The fraction of sp³-hybridized carbons (Fsp3) is 0.273. The molecule has 4 nitrogen and oxygen atoms in total. The molecule has 0 aliphatic heterocycles. The number of hydrogen-bond donors (Lipinski definition) is 1. The molecule has 3 rings (SSSR count). The average Bonchev–Trinajstić information content (AvgIpc) is 3.09. The summed E-state index contributed by atoms with van der Waals surface area (Å²) in [7, 11) is 0. The van der Waals surface area contributed by atoms with Crippen molar-refractivity contribution in [3.63, 3.8) is 0 Å². The maximum absolute atomic E-state index is 12.3. The van der Waals surface area contributed by atoms with Crippen LogP contribution in [-0.4, -0.2) is 23.2 Å². The summed E-state index contributed by atoms with van der Waals surface area (Å²) in [6.07, 6.45) is 2.75. The molecule has 0 saturated carbocycles. The van der Waals surface area contributed by atoms with Gasteiger partial charge in [-0.15, -0.1) is 11.3 Å². The van der Waals surface area contributed by atoms with Gasteiger partial charge in [0, 0.05) is 23.7 Å². The van der Waals surface area contributed by atoms with Gasteiger partial charge in [0.1, 0.15) is 5.69 Å². The Balaban J connectivity index is 1.89. The normalized spacial score (nSPS) is 11.8. The van der Waals surface area contributed by atoms with Crippen molar-refractivity contribution in [3.05, 3.63) is 82.4 Å². The van der Waals surface area contributed by atoms with E-state index < -0.39 is 0 Å². The van der Waals surface area contributed by atoms with E-state index in [1.165, 1.54) is 23.1 Å². The van der Waals surface area contributed by atoms with Gasteiger partial charge in [-0.1, -0.05) is 72.6 Å². The minimum absolute atomic E-state index is 0.136. The molecule has 6 heteroatoms. The lowest BCUT2D eigenvalue weighted by molar-refractivity contribution is 0.0980. The summed E-state index contributed by atoms with van der Waals surface area (Å²) in [5, 5.41) is 0.885. The molecule has 1 atom stereocenters. The number of amides is 1. The van der Waals surface area contributed by atoms with Gasteiger partial charge in [-0.3, -0.25) is 9.52 Å². The molecule has 0 radical (unpaired) electrons. The minimum atomic E-state index is -0.136. The molecule has 3 aromatic rings. The third-order valence-electron chi connectivity index (χ3n) is 4.54. The van der Waals surface area contributed by atoms with Crippen molar-refractivity contribution in [3.8, 4) is 0 Å². The van der Waals surface area contributed by atoms with E-state index in [2.05, 4.69) is 65.1 Å². The van der Waals surface area contributed by atoms with Gasteiger partial charge in [-0.2, -0.15) is 0 Å². The first-order valence-electron chi connectivity index (χ1n) is 9.23. The van der Waals surface area contributed by atoms with Crippen LogP contribution in [0.5, 0.6) is 0 Å². The van der Waals surface area contributed by atoms with Crippen molar-refractivity contribution >= 4 is 34.3 Å². The van der Waals surface area contributed by atoms with E-state index in [4.69, 9.17) is 4.98 Å². The predicted molar refractivity (Wildman–Crippen MR) is 120 cm³/mol. The Bertz CT molecular complexity index is 897. The minimum Gasteiger partial charge on any atom is -0.341 e. The van der Waals surface area contributed by atoms with Gasteiger partial charge in [0.25, 0.3) is 5.91 Å². The van der Waals surface area contributed by atoms with E-state index in [0.29, 0.717) is 5.69 Å². The zero-order valence-corrected chi connectivity index (χ0v) is 18.0. The molecule has 146 valence electrons. The van der Waals surface area contributed by atoms with E-state index in [1.807, 2.05) is 25.3 Å². The molecule has 1 N–H and O–H groups in total.